The van der Waals surface area contributed by atoms with Gasteiger partial charge >= 0.3 is 0 Å². The third-order valence-electron chi connectivity index (χ3n) is 7.14. The number of hydrogen-bond donors (Lipinski definition) is 0. The van der Waals surface area contributed by atoms with Gasteiger partial charge in [-0.15, -0.1) is 11.3 Å². The number of hydrogen-bond acceptors (Lipinski definition) is 8. The van der Waals surface area contributed by atoms with E-state index < -0.39 is 10.0 Å². The minimum absolute atomic E-state index is 0.0959. The number of rotatable bonds is 5. The Morgan fingerprint density at radius 2 is 1.77 bits per heavy atom. The van der Waals surface area contributed by atoms with E-state index in [1.165, 1.54) is 27.5 Å². The average Bonchev–Trinajstić information content (AvgIpc) is 3.60. The van der Waals surface area contributed by atoms with Crippen LogP contribution >= 0.6 is 11.3 Å². The summed E-state index contributed by atoms with van der Waals surface area (Å²) in [7, 11) is -3.26. The summed E-state index contributed by atoms with van der Waals surface area (Å²) in [6, 6.07) is 14.1. The summed E-state index contributed by atoms with van der Waals surface area (Å²) in [6.07, 6.45) is 3.12. The number of fused-ring (bicyclic) bond motifs is 1. The molecule has 2 aliphatic heterocycles. The van der Waals surface area contributed by atoms with Crippen LogP contribution in [0.1, 0.15) is 15.2 Å². The zero-order chi connectivity index (χ0) is 27.1. The van der Waals surface area contributed by atoms with Crippen LogP contribution in [0.2, 0.25) is 0 Å². The molecular formula is C27H30N6O4S2. The zero-order valence-corrected chi connectivity index (χ0v) is 23.5. The fraction of sp³-hybridized carbons (Fsp3) is 0.370. The maximum atomic E-state index is 13.4. The Labute approximate surface area is 231 Å². The number of pyridine rings is 1. The van der Waals surface area contributed by atoms with E-state index in [1.54, 1.807) is 9.58 Å². The van der Waals surface area contributed by atoms with Gasteiger partial charge in [0.25, 0.3) is 5.91 Å². The van der Waals surface area contributed by atoms with E-state index in [-0.39, 0.29) is 5.91 Å². The lowest BCUT2D eigenvalue weighted by Gasteiger charge is -2.33. The van der Waals surface area contributed by atoms with Gasteiger partial charge in [0.05, 0.1) is 45.9 Å². The topological polar surface area (TPSA) is 101 Å². The molecule has 10 nitrogen and oxygen atoms in total. The molecule has 4 aromatic rings. The standard InChI is InChI=1S/C27H30N6O4S2/c1-19-4-3-5-20(16-19)21-6-7-33(29-21)25-18-23(30-12-14-37-15-13-30)26-22(28-25)17-24(38-26)27(34)31-8-10-32(11-9-31)39(2,35)36/h3-7,16-18H,8-15H2,1-2H3. The highest BCUT2D eigenvalue weighted by Gasteiger charge is 2.28. The second kappa shape index (κ2) is 10.3. The predicted octanol–water partition coefficient (Wildman–Crippen LogP) is 3.01. The van der Waals surface area contributed by atoms with Crippen molar-refractivity contribution in [3.05, 3.63) is 59.1 Å². The largest absolute Gasteiger partial charge is 0.378 e. The van der Waals surface area contributed by atoms with Gasteiger partial charge in [-0.2, -0.15) is 9.40 Å². The minimum Gasteiger partial charge on any atom is -0.378 e. The molecule has 0 radical (unpaired) electrons. The van der Waals surface area contributed by atoms with Crippen molar-refractivity contribution in [2.45, 2.75) is 6.92 Å². The van der Waals surface area contributed by atoms with Gasteiger partial charge < -0.3 is 14.5 Å². The Bertz CT molecular complexity index is 1630. The van der Waals surface area contributed by atoms with Gasteiger partial charge in [-0.3, -0.25) is 4.79 Å². The molecule has 2 saturated heterocycles. The van der Waals surface area contributed by atoms with Gasteiger partial charge in [-0.1, -0.05) is 23.8 Å². The lowest BCUT2D eigenvalue weighted by atomic mass is 10.1. The number of carbonyl (C=O) groups is 1. The number of aromatic nitrogens is 3. The molecule has 3 aromatic heterocycles. The summed E-state index contributed by atoms with van der Waals surface area (Å²) in [4.78, 5) is 23.0. The quantitative estimate of drug-likeness (QED) is 0.366. The summed E-state index contributed by atoms with van der Waals surface area (Å²) in [5, 5.41) is 4.81. The van der Waals surface area contributed by atoms with Gasteiger partial charge in [-0.05, 0) is 25.1 Å². The Morgan fingerprint density at radius 1 is 1.00 bits per heavy atom. The smallest absolute Gasteiger partial charge is 0.264 e. The maximum Gasteiger partial charge on any atom is 0.264 e. The van der Waals surface area contributed by atoms with Crippen LogP contribution in [0.4, 0.5) is 5.69 Å². The summed E-state index contributed by atoms with van der Waals surface area (Å²) >= 11 is 1.44. The molecule has 2 fully saturated rings. The van der Waals surface area contributed by atoms with Crippen LogP contribution in [-0.4, -0.2) is 97.0 Å². The molecule has 0 atom stereocenters. The van der Waals surface area contributed by atoms with E-state index in [1.807, 2.05) is 36.5 Å². The molecule has 0 spiro atoms. The van der Waals surface area contributed by atoms with Crippen LogP contribution in [0, 0.1) is 6.92 Å². The number of thiophene rings is 1. The van der Waals surface area contributed by atoms with Crippen molar-refractivity contribution in [2.24, 2.45) is 0 Å². The number of amides is 1. The lowest BCUT2D eigenvalue weighted by molar-refractivity contribution is 0.0703. The van der Waals surface area contributed by atoms with Crippen LogP contribution in [0.3, 0.4) is 0 Å². The number of ether oxygens (including phenoxy) is 1. The molecule has 0 N–H and O–H groups in total. The summed E-state index contributed by atoms with van der Waals surface area (Å²) in [5.41, 5.74) is 4.83. The number of carbonyl (C=O) groups excluding carboxylic acids is 1. The van der Waals surface area contributed by atoms with E-state index in [2.05, 4.69) is 24.0 Å². The maximum absolute atomic E-state index is 13.4. The molecule has 2 aliphatic rings. The highest BCUT2D eigenvalue weighted by atomic mass is 32.2. The van der Waals surface area contributed by atoms with E-state index in [4.69, 9.17) is 14.8 Å². The van der Waals surface area contributed by atoms with Crippen LogP contribution in [0.15, 0.2) is 48.7 Å². The van der Waals surface area contributed by atoms with Crippen molar-refractivity contribution in [3.8, 4) is 17.1 Å². The number of piperazine rings is 1. The summed E-state index contributed by atoms with van der Waals surface area (Å²) in [5.74, 6) is 0.586. The first-order valence-electron chi connectivity index (χ1n) is 12.9. The van der Waals surface area contributed by atoms with Crippen molar-refractivity contribution in [1.29, 1.82) is 0 Å². The highest BCUT2D eigenvalue weighted by Crippen LogP contribution is 2.36. The van der Waals surface area contributed by atoms with Crippen LogP contribution in [0.5, 0.6) is 0 Å². The Hall–Kier alpha value is -3.32. The fourth-order valence-electron chi connectivity index (χ4n) is 5.04. The van der Waals surface area contributed by atoms with Gasteiger partial charge in [-0.25, -0.2) is 18.1 Å². The van der Waals surface area contributed by atoms with Crippen LogP contribution in [0.25, 0.3) is 27.3 Å². The highest BCUT2D eigenvalue weighted by molar-refractivity contribution is 7.88. The van der Waals surface area contributed by atoms with Crippen molar-refractivity contribution >= 4 is 43.2 Å². The lowest BCUT2D eigenvalue weighted by Crippen LogP contribution is -2.50. The van der Waals surface area contributed by atoms with E-state index in [9.17, 15) is 13.2 Å². The predicted molar refractivity (Wildman–Crippen MR) is 152 cm³/mol. The molecule has 0 unspecified atom stereocenters. The minimum atomic E-state index is -3.26. The number of anilines is 1. The van der Waals surface area contributed by atoms with E-state index in [0.717, 1.165) is 40.3 Å². The molecule has 12 heteroatoms. The SMILES string of the molecule is Cc1cccc(-c2ccn(-c3cc(N4CCOCC4)c4sc(C(=O)N5CCN(S(C)(=O)=O)CC5)cc4n3)n2)c1. The molecule has 0 aliphatic carbocycles. The molecular weight excluding hydrogens is 536 g/mol. The summed E-state index contributed by atoms with van der Waals surface area (Å²) in [6.45, 7) is 6.18. The Morgan fingerprint density at radius 3 is 2.49 bits per heavy atom. The molecule has 5 heterocycles. The monoisotopic (exact) mass is 566 g/mol. The van der Waals surface area contributed by atoms with Crippen molar-refractivity contribution in [2.75, 3.05) is 63.6 Å². The number of benzene rings is 1. The van der Waals surface area contributed by atoms with Crippen molar-refractivity contribution in [1.82, 2.24) is 24.0 Å². The molecule has 0 bridgehead atoms. The van der Waals surface area contributed by atoms with Crippen molar-refractivity contribution in [3.63, 3.8) is 0 Å². The van der Waals surface area contributed by atoms with Gasteiger partial charge in [0.1, 0.15) is 0 Å². The van der Waals surface area contributed by atoms with Gasteiger partial charge in [0.15, 0.2) is 5.82 Å². The van der Waals surface area contributed by atoms with Gasteiger partial charge in [0.2, 0.25) is 10.0 Å². The second-order valence-corrected chi connectivity index (χ2v) is 12.9. The number of sulfonamides is 1. The first-order valence-corrected chi connectivity index (χ1v) is 15.6. The first kappa shape index (κ1) is 25.9. The third-order valence-corrected chi connectivity index (χ3v) is 9.58. The Kier molecular flexibility index (Phi) is 6.88. The van der Waals surface area contributed by atoms with Gasteiger partial charge in [0, 0.05) is 57.1 Å². The molecule has 39 heavy (non-hydrogen) atoms. The fourth-order valence-corrected chi connectivity index (χ4v) is 6.98. The van der Waals surface area contributed by atoms with Crippen LogP contribution in [-0.2, 0) is 14.8 Å². The van der Waals surface area contributed by atoms with E-state index in [0.29, 0.717) is 50.1 Å². The molecule has 1 amide bonds. The molecule has 0 saturated carbocycles. The molecule has 204 valence electrons. The van der Waals surface area contributed by atoms with Crippen LogP contribution < -0.4 is 4.90 Å². The number of aryl methyl sites for hydroxylation is 1. The van der Waals surface area contributed by atoms with E-state index >= 15 is 0 Å². The number of morpholine rings is 1. The third kappa shape index (κ3) is 5.29. The normalized spacial score (nSPS) is 17.2. The number of nitrogens with zero attached hydrogens (tertiary/aromatic N) is 6. The second-order valence-electron chi connectivity index (χ2n) is 9.89. The van der Waals surface area contributed by atoms with Crippen molar-refractivity contribution < 1.29 is 17.9 Å². The zero-order valence-electron chi connectivity index (χ0n) is 21.9. The first-order chi connectivity index (χ1) is 18.8. The average molecular weight is 567 g/mol. The molecule has 1 aromatic carbocycles. The summed E-state index contributed by atoms with van der Waals surface area (Å²) < 4.78 is 33.5. The Balaban J connectivity index is 1.35. The molecule has 6 rings (SSSR count).